The van der Waals surface area contributed by atoms with Crippen molar-refractivity contribution in [3.8, 4) is 0 Å². The van der Waals surface area contributed by atoms with Gasteiger partial charge in [0.05, 0.1) is 0 Å². The SMILES string of the molecule is CC1CCN(CC(C)CN2CCNCC2)CC1. The molecule has 100 valence electrons. The molecule has 2 heterocycles. The molecule has 1 N–H and O–H groups in total. The lowest BCUT2D eigenvalue weighted by molar-refractivity contribution is 0.141. The monoisotopic (exact) mass is 239 g/mol. The molecule has 0 aromatic carbocycles. The third kappa shape index (κ3) is 4.57. The third-order valence-electron chi connectivity index (χ3n) is 4.23. The molecule has 0 amide bonds. The van der Waals surface area contributed by atoms with Crippen LogP contribution in [0.2, 0.25) is 0 Å². The van der Waals surface area contributed by atoms with Gasteiger partial charge in [-0.2, -0.15) is 0 Å². The largest absolute Gasteiger partial charge is 0.314 e. The standard InChI is InChI=1S/C14H29N3/c1-13-3-7-16(8-4-13)11-14(2)12-17-9-5-15-6-10-17/h13-15H,3-12H2,1-2H3. The van der Waals surface area contributed by atoms with Crippen LogP contribution in [0.5, 0.6) is 0 Å². The van der Waals surface area contributed by atoms with Crippen LogP contribution < -0.4 is 5.32 Å². The van der Waals surface area contributed by atoms with Crippen LogP contribution in [-0.2, 0) is 0 Å². The molecule has 0 spiro atoms. The van der Waals surface area contributed by atoms with E-state index in [1.54, 1.807) is 0 Å². The van der Waals surface area contributed by atoms with Crippen LogP contribution in [0.15, 0.2) is 0 Å². The predicted molar refractivity (Wildman–Crippen MR) is 73.3 cm³/mol. The van der Waals surface area contributed by atoms with E-state index in [2.05, 4.69) is 29.0 Å². The van der Waals surface area contributed by atoms with Crippen LogP contribution in [0, 0.1) is 11.8 Å². The Balaban J connectivity index is 1.64. The fraction of sp³-hybridized carbons (Fsp3) is 1.00. The van der Waals surface area contributed by atoms with Crippen LogP contribution in [0.25, 0.3) is 0 Å². The summed E-state index contributed by atoms with van der Waals surface area (Å²) in [5, 5.41) is 3.42. The van der Waals surface area contributed by atoms with Gasteiger partial charge in [0.2, 0.25) is 0 Å². The van der Waals surface area contributed by atoms with E-state index in [4.69, 9.17) is 0 Å². The van der Waals surface area contributed by atoms with Crippen molar-refractivity contribution in [1.82, 2.24) is 15.1 Å². The van der Waals surface area contributed by atoms with Gasteiger partial charge in [-0.15, -0.1) is 0 Å². The smallest absolute Gasteiger partial charge is 0.0107 e. The molecule has 2 saturated heterocycles. The van der Waals surface area contributed by atoms with Crippen molar-refractivity contribution < 1.29 is 0 Å². The molecular weight excluding hydrogens is 210 g/mol. The molecule has 2 aliphatic rings. The Hall–Kier alpha value is -0.120. The van der Waals surface area contributed by atoms with E-state index in [-0.39, 0.29) is 0 Å². The van der Waals surface area contributed by atoms with E-state index in [0.29, 0.717) is 0 Å². The van der Waals surface area contributed by atoms with Crippen molar-refractivity contribution >= 4 is 0 Å². The fourth-order valence-corrected chi connectivity index (χ4v) is 3.08. The summed E-state index contributed by atoms with van der Waals surface area (Å²) in [6.45, 7) is 14.9. The number of piperidine rings is 1. The van der Waals surface area contributed by atoms with Crippen LogP contribution in [0.1, 0.15) is 26.7 Å². The van der Waals surface area contributed by atoms with Crippen LogP contribution in [-0.4, -0.2) is 62.2 Å². The molecule has 17 heavy (non-hydrogen) atoms. The van der Waals surface area contributed by atoms with Gasteiger partial charge in [-0.25, -0.2) is 0 Å². The first-order chi connectivity index (χ1) is 8.24. The van der Waals surface area contributed by atoms with E-state index >= 15 is 0 Å². The molecule has 0 aromatic rings. The number of nitrogens with zero attached hydrogens (tertiary/aromatic N) is 2. The summed E-state index contributed by atoms with van der Waals surface area (Å²) in [6.07, 6.45) is 2.81. The van der Waals surface area contributed by atoms with E-state index < -0.39 is 0 Å². The van der Waals surface area contributed by atoms with Crippen molar-refractivity contribution in [2.75, 3.05) is 52.4 Å². The second kappa shape index (κ2) is 6.72. The van der Waals surface area contributed by atoms with Crippen molar-refractivity contribution in [3.63, 3.8) is 0 Å². The highest BCUT2D eigenvalue weighted by atomic mass is 15.2. The minimum atomic E-state index is 0.821. The zero-order valence-electron chi connectivity index (χ0n) is 11.6. The van der Waals surface area contributed by atoms with E-state index in [9.17, 15) is 0 Å². The second-order valence-corrected chi connectivity index (χ2v) is 6.14. The molecule has 0 radical (unpaired) electrons. The summed E-state index contributed by atoms with van der Waals surface area (Å²) < 4.78 is 0. The summed E-state index contributed by atoms with van der Waals surface area (Å²) >= 11 is 0. The van der Waals surface area contributed by atoms with Crippen molar-refractivity contribution in [2.45, 2.75) is 26.7 Å². The van der Waals surface area contributed by atoms with Crippen LogP contribution in [0.3, 0.4) is 0 Å². The van der Waals surface area contributed by atoms with Crippen LogP contribution >= 0.6 is 0 Å². The van der Waals surface area contributed by atoms with Gasteiger partial charge in [-0.05, 0) is 37.8 Å². The minimum Gasteiger partial charge on any atom is -0.314 e. The minimum absolute atomic E-state index is 0.821. The normalized spacial score (nSPS) is 27.2. The lowest BCUT2D eigenvalue weighted by atomic mass is 9.98. The van der Waals surface area contributed by atoms with Gasteiger partial charge in [0.15, 0.2) is 0 Å². The Labute approximate surface area is 107 Å². The van der Waals surface area contributed by atoms with Crippen molar-refractivity contribution in [1.29, 1.82) is 0 Å². The maximum atomic E-state index is 3.42. The first-order valence-electron chi connectivity index (χ1n) is 7.39. The molecule has 0 aromatic heterocycles. The lowest BCUT2D eigenvalue weighted by Gasteiger charge is -2.35. The molecule has 3 heteroatoms. The second-order valence-electron chi connectivity index (χ2n) is 6.14. The molecule has 2 rings (SSSR count). The zero-order valence-corrected chi connectivity index (χ0v) is 11.6. The topological polar surface area (TPSA) is 18.5 Å². The maximum Gasteiger partial charge on any atom is 0.0107 e. The number of piperazine rings is 1. The predicted octanol–water partition coefficient (Wildman–Crippen LogP) is 1.26. The Morgan fingerprint density at radius 3 is 2.12 bits per heavy atom. The average molecular weight is 239 g/mol. The Morgan fingerprint density at radius 2 is 1.53 bits per heavy atom. The third-order valence-corrected chi connectivity index (χ3v) is 4.23. The molecule has 1 atom stereocenters. The quantitative estimate of drug-likeness (QED) is 0.797. The van der Waals surface area contributed by atoms with Gasteiger partial charge in [-0.1, -0.05) is 13.8 Å². The molecule has 0 bridgehead atoms. The lowest BCUT2D eigenvalue weighted by Crippen LogP contribution is -2.46. The van der Waals surface area contributed by atoms with Gasteiger partial charge in [0.25, 0.3) is 0 Å². The number of nitrogens with one attached hydrogen (secondary N) is 1. The summed E-state index contributed by atoms with van der Waals surface area (Å²) in [7, 11) is 0. The van der Waals surface area contributed by atoms with Gasteiger partial charge in [0, 0.05) is 39.3 Å². The van der Waals surface area contributed by atoms with Gasteiger partial charge in [0.1, 0.15) is 0 Å². The molecule has 0 aliphatic carbocycles. The van der Waals surface area contributed by atoms with E-state index in [0.717, 1.165) is 11.8 Å². The number of rotatable bonds is 4. The van der Waals surface area contributed by atoms with Gasteiger partial charge in [-0.3, -0.25) is 0 Å². The summed E-state index contributed by atoms with van der Waals surface area (Å²) in [6, 6.07) is 0. The molecule has 3 nitrogen and oxygen atoms in total. The van der Waals surface area contributed by atoms with E-state index in [1.165, 1.54) is 65.2 Å². The number of likely N-dealkylation sites (tertiary alicyclic amines) is 1. The Bertz CT molecular complexity index is 206. The summed E-state index contributed by atoms with van der Waals surface area (Å²) in [5.41, 5.74) is 0. The highest BCUT2D eigenvalue weighted by Gasteiger charge is 2.19. The van der Waals surface area contributed by atoms with E-state index in [1.807, 2.05) is 0 Å². The number of hydrogen-bond donors (Lipinski definition) is 1. The van der Waals surface area contributed by atoms with Gasteiger partial charge >= 0.3 is 0 Å². The first-order valence-corrected chi connectivity index (χ1v) is 7.39. The Morgan fingerprint density at radius 1 is 1.00 bits per heavy atom. The molecule has 2 aliphatic heterocycles. The number of hydrogen-bond acceptors (Lipinski definition) is 3. The summed E-state index contributed by atoms with van der Waals surface area (Å²) in [4.78, 5) is 5.29. The molecule has 1 unspecified atom stereocenters. The fourth-order valence-electron chi connectivity index (χ4n) is 3.08. The van der Waals surface area contributed by atoms with Crippen molar-refractivity contribution in [3.05, 3.63) is 0 Å². The average Bonchev–Trinajstić information content (AvgIpc) is 2.33. The van der Waals surface area contributed by atoms with Gasteiger partial charge < -0.3 is 15.1 Å². The highest BCUT2D eigenvalue weighted by molar-refractivity contribution is 4.74. The highest BCUT2D eigenvalue weighted by Crippen LogP contribution is 2.17. The van der Waals surface area contributed by atoms with Crippen LogP contribution in [0.4, 0.5) is 0 Å². The summed E-state index contributed by atoms with van der Waals surface area (Å²) in [5.74, 6) is 1.77. The molecule has 2 fully saturated rings. The first kappa shape index (κ1) is 13.3. The zero-order chi connectivity index (χ0) is 12.1. The Kier molecular flexibility index (Phi) is 5.26. The molecular formula is C14H29N3. The molecule has 0 saturated carbocycles. The maximum absolute atomic E-state index is 3.42. The van der Waals surface area contributed by atoms with Crippen molar-refractivity contribution in [2.24, 2.45) is 11.8 Å².